The first-order valence-electron chi connectivity index (χ1n) is 9.75. The molecule has 3 aromatic rings. The van der Waals surface area contributed by atoms with Gasteiger partial charge in [-0.05, 0) is 23.1 Å². The zero-order chi connectivity index (χ0) is 24.6. The van der Waals surface area contributed by atoms with Crippen molar-refractivity contribution < 1.29 is 37.0 Å². The van der Waals surface area contributed by atoms with Gasteiger partial charge < -0.3 is 9.47 Å². The number of anilines is 1. The van der Waals surface area contributed by atoms with E-state index in [9.17, 15) is 27.6 Å². The molecule has 2 amide bonds. The third-order valence-corrected chi connectivity index (χ3v) is 6.39. The van der Waals surface area contributed by atoms with Crippen LogP contribution in [0.3, 0.4) is 0 Å². The van der Waals surface area contributed by atoms with Gasteiger partial charge in [0, 0.05) is 11.6 Å². The van der Waals surface area contributed by atoms with Gasteiger partial charge in [0.1, 0.15) is 10.6 Å². The number of imide groups is 1. The molecular formula is C23H15ClF3NO5S. The molecule has 0 radical (unpaired) electrons. The van der Waals surface area contributed by atoms with Crippen LogP contribution in [0, 0.1) is 0 Å². The van der Waals surface area contributed by atoms with E-state index in [1.54, 1.807) is 6.07 Å². The molecule has 0 spiro atoms. The highest BCUT2D eigenvalue weighted by molar-refractivity contribution is 7.12. The topological polar surface area (TPSA) is 72.9 Å². The van der Waals surface area contributed by atoms with Crippen molar-refractivity contribution in [3.63, 3.8) is 0 Å². The summed E-state index contributed by atoms with van der Waals surface area (Å²) < 4.78 is 51.1. The first kappa shape index (κ1) is 23.8. The van der Waals surface area contributed by atoms with Crippen molar-refractivity contribution in [2.75, 3.05) is 12.0 Å². The number of amides is 2. The molecule has 2 heterocycles. The van der Waals surface area contributed by atoms with Crippen molar-refractivity contribution in [2.24, 2.45) is 0 Å². The molecule has 0 bridgehead atoms. The average Bonchev–Trinajstić information content (AvgIpc) is 3.22. The monoisotopic (exact) mass is 509 g/mol. The molecule has 1 aromatic heterocycles. The number of halogens is 4. The summed E-state index contributed by atoms with van der Waals surface area (Å²) in [4.78, 5) is 38.8. The number of esters is 1. The van der Waals surface area contributed by atoms with Crippen LogP contribution >= 0.6 is 22.9 Å². The molecule has 1 aliphatic heterocycles. The van der Waals surface area contributed by atoms with Gasteiger partial charge in [-0.3, -0.25) is 9.59 Å². The lowest BCUT2D eigenvalue weighted by molar-refractivity contribution is -0.198. The maximum absolute atomic E-state index is 13.7. The minimum Gasteiger partial charge on any atom is -0.476 e. The Morgan fingerprint density at radius 3 is 2.50 bits per heavy atom. The van der Waals surface area contributed by atoms with Gasteiger partial charge in [0.2, 0.25) is 12.0 Å². The molecule has 6 nitrogen and oxygen atoms in total. The number of rotatable bonds is 5. The molecule has 11 heteroatoms. The van der Waals surface area contributed by atoms with E-state index in [4.69, 9.17) is 21.1 Å². The van der Waals surface area contributed by atoms with Crippen LogP contribution in [-0.4, -0.2) is 31.1 Å². The third kappa shape index (κ3) is 4.38. The Kier molecular flexibility index (Phi) is 6.37. The van der Waals surface area contributed by atoms with E-state index in [-0.39, 0.29) is 38.9 Å². The van der Waals surface area contributed by atoms with Gasteiger partial charge in [-0.1, -0.05) is 41.9 Å². The number of ether oxygens (including phenoxy) is 2. The summed E-state index contributed by atoms with van der Waals surface area (Å²) in [5.41, 5.74) is 0.0794. The fraction of sp³-hybridized carbons (Fsp3) is 0.174. The summed E-state index contributed by atoms with van der Waals surface area (Å²) in [7, 11) is 1.16. The van der Waals surface area contributed by atoms with Crippen LogP contribution < -0.4 is 9.64 Å². The highest BCUT2D eigenvalue weighted by Gasteiger charge is 2.43. The average molecular weight is 510 g/mol. The van der Waals surface area contributed by atoms with Crippen LogP contribution in [-0.2, 0) is 16.0 Å². The van der Waals surface area contributed by atoms with Gasteiger partial charge in [0.25, 0.3) is 5.91 Å². The number of hydrogen-bond acceptors (Lipinski definition) is 6. The normalized spacial score (nSPS) is 14.6. The highest BCUT2D eigenvalue weighted by atomic mass is 35.5. The molecule has 1 unspecified atom stereocenters. The summed E-state index contributed by atoms with van der Waals surface area (Å²) >= 11 is 7.18. The van der Waals surface area contributed by atoms with Gasteiger partial charge in [-0.2, -0.15) is 13.2 Å². The first-order chi connectivity index (χ1) is 16.1. The second kappa shape index (κ2) is 9.11. The Morgan fingerprint density at radius 2 is 1.85 bits per heavy atom. The SMILES string of the molecule is COC(=O)c1scc2c1C(=O)N(c1cc(OC(c3ccccc3)C(F)(F)F)ccc1Cl)C(=O)C2. The molecule has 0 N–H and O–H groups in total. The summed E-state index contributed by atoms with van der Waals surface area (Å²) in [6, 6.07) is 10.6. The van der Waals surface area contributed by atoms with Crippen LogP contribution in [0.1, 0.15) is 37.3 Å². The number of methoxy groups -OCH3 is 1. The Bertz CT molecular complexity index is 1280. The standard InChI is InChI=1S/C23H15ClF3NO5S/c1-32-22(31)19-18-13(11-34-19)9-17(29)28(21(18)30)16-10-14(7-8-15(16)24)33-20(23(25,26)27)12-5-3-2-4-6-12/h2-8,10-11,20H,9H2,1H3. The minimum atomic E-state index is -4.74. The lowest BCUT2D eigenvalue weighted by Gasteiger charge is -2.27. The lowest BCUT2D eigenvalue weighted by atomic mass is 10.0. The molecule has 1 atom stereocenters. The third-order valence-electron chi connectivity index (χ3n) is 5.06. The van der Waals surface area contributed by atoms with Crippen molar-refractivity contribution in [2.45, 2.75) is 18.7 Å². The minimum absolute atomic E-state index is 0.00343. The van der Waals surface area contributed by atoms with Crippen molar-refractivity contribution in [3.8, 4) is 5.75 Å². The molecular weight excluding hydrogens is 495 g/mol. The summed E-state index contributed by atoms with van der Waals surface area (Å²) in [6.07, 6.45) is -7.23. The number of carbonyl (C=O) groups excluding carboxylic acids is 3. The van der Waals surface area contributed by atoms with Gasteiger partial charge in [-0.15, -0.1) is 11.3 Å². The summed E-state index contributed by atoms with van der Waals surface area (Å²) in [5.74, 6) is -2.48. The van der Waals surface area contributed by atoms with E-state index in [1.165, 1.54) is 41.8 Å². The predicted octanol–water partition coefficient (Wildman–Crippen LogP) is 5.60. The fourth-order valence-electron chi connectivity index (χ4n) is 3.54. The number of benzene rings is 2. The highest BCUT2D eigenvalue weighted by Crippen LogP contribution is 2.40. The van der Waals surface area contributed by atoms with E-state index < -0.39 is 30.1 Å². The number of nitrogens with zero attached hydrogens (tertiary/aromatic N) is 1. The largest absolute Gasteiger partial charge is 0.476 e. The molecule has 0 aliphatic carbocycles. The quantitative estimate of drug-likeness (QED) is 0.331. The lowest BCUT2D eigenvalue weighted by Crippen LogP contribution is -2.42. The molecule has 0 saturated heterocycles. The maximum atomic E-state index is 13.7. The Morgan fingerprint density at radius 1 is 1.15 bits per heavy atom. The number of hydrogen-bond donors (Lipinski definition) is 0. The van der Waals surface area contributed by atoms with E-state index in [0.29, 0.717) is 5.56 Å². The second-order valence-corrected chi connectivity index (χ2v) is 8.52. The molecule has 176 valence electrons. The van der Waals surface area contributed by atoms with E-state index in [2.05, 4.69) is 0 Å². The van der Waals surface area contributed by atoms with Gasteiger partial charge >= 0.3 is 12.1 Å². The van der Waals surface area contributed by atoms with E-state index in [0.717, 1.165) is 29.4 Å². The smallest absolute Gasteiger partial charge is 0.429 e. The van der Waals surface area contributed by atoms with Crippen molar-refractivity contribution in [1.82, 2.24) is 0 Å². The Labute approximate surface area is 200 Å². The van der Waals surface area contributed by atoms with Crippen LogP contribution in [0.4, 0.5) is 18.9 Å². The van der Waals surface area contributed by atoms with Crippen molar-refractivity contribution in [3.05, 3.63) is 80.5 Å². The van der Waals surface area contributed by atoms with Gasteiger partial charge in [0.15, 0.2) is 0 Å². The van der Waals surface area contributed by atoms with Gasteiger partial charge in [0.05, 0.1) is 29.8 Å². The Balaban J connectivity index is 1.72. The number of carbonyl (C=O) groups is 3. The van der Waals surface area contributed by atoms with Crippen molar-refractivity contribution in [1.29, 1.82) is 0 Å². The number of thiophene rings is 1. The zero-order valence-corrected chi connectivity index (χ0v) is 19.0. The molecule has 0 saturated carbocycles. The second-order valence-electron chi connectivity index (χ2n) is 7.23. The molecule has 1 aliphatic rings. The summed E-state index contributed by atoms with van der Waals surface area (Å²) in [6.45, 7) is 0. The van der Waals surface area contributed by atoms with E-state index >= 15 is 0 Å². The van der Waals surface area contributed by atoms with Crippen molar-refractivity contribution >= 4 is 46.4 Å². The van der Waals surface area contributed by atoms with Crippen LogP contribution in [0.2, 0.25) is 5.02 Å². The van der Waals surface area contributed by atoms with E-state index in [1.807, 2.05) is 0 Å². The molecule has 2 aromatic carbocycles. The maximum Gasteiger partial charge on any atom is 0.429 e. The number of fused-ring (bicyclic) bond motifs is 1. The molecule has 0 fully saturated rings. The van der Waals surface area contributed by atoms with Crippen LogP contribution in [0.25, 0.3) is 0 Å². The first-order valence-corrected chi connectivity index (χ1v) is 11.0. The predicted molar refractivity (Wildman–Crippen MR) is 118 cm³/mol. The summed E-state index contributed by atoms with van der Waals surface area (Å²) in [5, 5.41) is 1.46. The Hall–Kier alpha value is -3.37. The zero-order valence-electron chi connectivity index (χ0n) is 17.4. The van der Waals surface area contributed by atoms with Gasteiger partial charge in [-0.25, -0.2) is 9.69 Å². The molecule has 34 heavy (non-hydrogen) atoms. The molecule has 4 rings (SSSR count). The van der Waals surface area contributed by atoms with Crippen LogP contribution in [0.5, 0.6) is 5.75 Å². The number of alkyl halides is 3. The van der Waals surface area contributed by atoms with Crippen LogP contribution in [0.15, 0.2) is 53.9 Å². The fourth-order valence-corrected chi connectivity index (χ4v) is 4.72.